The first kappa shape index (κ1) is 16.1. The Morgan fingerprint density at radius 1 is 1.35 bits per heavy atom. The smallest absolute Gasteiger partial charge is 0.271 e. The predicted octanol–water partition coefficient (Wildman–Crippen LogP) is 1.33. The second-order valence-electron chi connectivity index (χ2n) is 6.62. The fraction of sp³-hybridized carbons (Fsp3) is 0.333. The van der Waals surface area contributed by atoms with Gasteiger partial charge in [0, 0.05) is 55.9 Å². The number of carbonyl (C=O) groups excluding carboxylic acids is 1. The van der Waals surface area contributed by atoms with Crippen molar-refractivity contribution < 1.29 is 4.79 Å². The highest BCUT2D eigenvalue weighted by molar-refractivity contribution is 5.93. The largest absolute Gasteiger partial charge is 0.346 e. The molecule has 1 aliphatic rings. The minimum Gasteiger partial charge on any atom is -0.346 e. The number of imidazole rings is 1. The van der Waals surface area contributed by atoms with Crippen LogP contribution in [-0.2, 0) is 7.05 Å². The first-order valence-electron chi connectivity index (χ1n) is 8.48. The van der Waals surface area contributed by atoms with Crippen molar-refractivity contribution in [3.63, 3.8) is 0 Å². The molecule has 1 saturated heterocycles. The van der Waals surface area contributed by atoms with E-state index in [4.69, 9.17) is 5.26 Å². The van der Waals surface area contributed by atoms with Gasteiger partial charge >= 0.3 is 0 Å². The van der Waals surface area contributed by atoms with Gasteiger partial charge < -0.3 is 14.6 Å². The zero-order valence-electron chi connectivity index (χ0n) is 14.7. The molecule has 8 heteroatoms. The minimum absolute atomic E-state index is 0.0134. The molecule has 26 heavy (non-hydrogen) atoms. The highest BCUT2D eigenvalue weighted by atomic mass is 16.2. The van der Waals surface area contributed by atoms with Crippen LogP contribution in [0.4, 0.5) is 0 Å². The average Bonchev–Trinajstić information content (AvgIpc) is 3.32. The van der Waals surface area contributed by atoms with Crippen molar-refractivity contribution in [2.24, 2.45) is 7.05 Å². The van der Waals surface area contributed by atoms with Crippen LogP contribution in [0.3, 0.4) is 0 Å². The monoisotopic (exact) mass is 349 g/mol. The third kappa shape index (κ3) is 2.88. The quantitative estimate of drug-likeness (QED) is 0.720. The Hall–Kier alpha value is -3.34. The van der Waals surface area contributed by atoms with Gasteiger partial charge in [0.25, 0.3) is 5.91 Å². The number of pyridine rings is 1. The Morgan fingerprint density at radius 2 is 2.19 bits per heavy atom. The molecule has 0 aliphatic carbocycles. The van der Waals surface area contributed by atoms with Crippen molar-refractivity contribution in [2.45, 2.75) is 19.4 Å². The van der Waals surface area contributed by atoms with Crippen LogP contribution in [0, 0.1) is 18.4 Å². The van der Waals surface area contributed by atoms with Gasteiger partial charge in [-0.25, -0.2) is 4.98 Å². The van der Waals surface area contributed by atoms with Gasteiger partial charge in [-0.05, 0) is 25.5 Å². The van der Waals surface area contributed by atoms with Crippen molar-refractivity contribution in [3.8, 4) is 17.3 Å². The number of hydrogen-bond donors (Lipinski definition) is 1. The summed E-state index contributed by atoms with van der Waals surface area (Å²) in [6.45, 7) is 3.21. The Bertz CT molecular complexity index is 1030. The first-order valence-corrected chi connectivity index (χ1v) is 8.48. The molecule has 4 heterocycles. The highest BCUT2D eigenvalue weighted by Gasteiger charge is 2.24. The molecule has 0 bridgehead atoms. The molecule has 3 aromatic heterocycles. The molecule has 1 amide bonds. The predicted molar refractivity (Wildman–Crippen MR) is 95.2 cm³/mol. The summed E-state index contributed by atoms with van der Waals surface area (Å²) in [6.07, 6.45) is 8.55. The molecule has 1 N–H and O–H groups in total. The zero-order valence-corrected chi connectivity index (χ0v) is 14.7. The van der Waals surface area contributed by atoms with Crippen LogP contribution in [0.15, 0.2) is 30.7 Å². The summed E-state index contributed by atoms with van der Waals surface area (Å²) in [5.41, 5.74) is 4.11. The van der Waals surface area contributed by atoms with E-state index < -0.39 is 0 Å². The molecule has 0 radical (unpaired) electrons. The Kier molecular flexibility index (Phi) is 3.84. The summed E-state index contributed by atoms with van der Waals surface area (Å²) in [6, 6.07) is 3.86. The lowest BCUT2D eigenvalue weighted by molar-refractivity contribution is 0.0934. The number of nitrogens with zero attached hydrogens (tertiary/aromatic N) is 6. The maximum absolute atomic E-state index is 12.5. The number of aromatic nitrogens is 4. The summed E-state index contributed by atoms with van der Waals surface area (Å²) in [7, 11) is 1.89. The second kappa shape index (κ2) is 6.19. The van der Waals surface area contributed by atoms with Crippen LogP contribution < -0.4 is 5.32 Å². The molecule has 1 aliphatic heterocycles. The molecule has 8 nitrogen and oxygen atoms in total. The summed E-state index contributed by atoms with van der Waals surface area (Å²) >= 11 is 0. The topological polar surface area (TPSA) is 91.2 Å². The maximum atomic E-state index is 12.5. The summed E-state index contributed by atoms with van der Waals surface area (Å²) in [5, 5.41) is 16.2. The van der Waals surface area contributed by atoms with E-state index in [1.54, 1.807) is 15.8 Å². The Morgan fingerprint density at radius 3 is 2.88 bits per heavy atom. The fourth-order valence-electron chi connectivity index (χ4n) is 3.37. The number of amides is 1. The van der Waals surface area contributed by atoms with Crippen LogP contribution in [0.25, 0.3) is 16.8 Å². The normalized spacial score (nSPS) is 16.8. The molecule has 3 aromatic rings. The molecule has 132 valence electrons. The lowest BCUT2D eigenvalue weighted by Gasteiger charge is -2.10. The lowest BCUT2D eigenvalue weighted by atomic mass is 10.1. The standard InChI is InChI=1S/C18H19N7O/c1-12-15(9-23(2)22-12)13-3-4-17-21-16(10-25(17)7-13)18(26)20-14-5-6-24(8-14)11-19/h3-4,7,9-10,14H,5-6,8H2,1-2H3,(H,20,26)/t14-/m1/s1. The molecular formula is C18H19N7O. The molecule has 0 unspecified atom stereocenters. The average molecular weight is 349 g/mol. The number of rotatable bonds is 3. The van der Waals surface area contributed by atoms with E-state index in [0.717, 1.165) is 23.2 Å². The van der Waals surface area contributed by atoms with Gasteiger partial charge in [-0.3, -0.25) is 9.48 Å². The number of likely N-dealkylation sites (tertiary alicyclic amines) is 1. The van der Waals surface area contributed by atoms with E-state index in [1.165, 1.54) is 0 Å². The van der Waals surface area contributed by atoms with Crippen LogP contribution in [-0.4, -0.2) is 49.1 Å². The maximum Gasteiger partial charge on any atom is 0.271 e. The summed E-state index contributed by atoms with van der Waals surface area (Å²) < 4.78 is 3.64. The number of aryl methyl sites for hydroxylation is 2. The molecule has 1 atom stereocenters. The van der Waals surface area contributed by atoms with E-state index in [0.29, 0.717) is 24.4 Å². The molecule has 0 aromatic carbocycles. The highest BCUT2D eigenvalue weighted by Crippen LogP contribution is 2.23. The van der Waals surface area contributed by atoms with Crippen LogP contribution in [0.5, 0.6) is 0 Å². The van der Waals surface area contributed by atoms with Crippen molar-refractivity contribution >= 4 is 11.6 Å². The number of nitrogens with one attached hydrogen (secondary N) is 1. The van der Waals surface area contributed by atoms with Gasteiger partial charge in [0.2, 0.25) is 0 Å². The van der Waals surface area contributed by atoms with Gasteiger partial charge in [0.05, 0.1) is 5.69 Å². The summed E-state index contributed by atoms with van der Waals surface area (Å²) in [5.74, 6) is -0.211. The van der Waals surface area contributed by atoms with E-state index in [-0.39, 0.29) is 11.9 Å². The number of nitriles is 1. The third-order valence-electron chi connectivity index (χ3n) is 4.67. The van der Waals surface area contributed by atoms with Gasteiger partial charge in [-0.2, -0.15) is 10.4 Å². The number of carbonyl (C=O) groups is 1. The van der Waals surface area contributed by atoms with Gasteiger partial charge in [0.1, 0.15) is 11.3 Å². The van der Waals surface area contributed by atoms with E-state index in [2.05, 4.69) is 21.6 Å². The SMILES string of the molecule is Cc1nn(C)cc1-c1ccc2nc(C(=O)N[C@@H]3CCN(C#N)C3)cn2c1. The van der Waals surface area contributed by atoms with Crippen LogP contribution in [0.2, 0.25) is 0 Å². The van der Waals surface area contributed by atoms with Crippen LogP contribution >= 0.6 is 0 Å². The summed E-state index contributed by atoms with van der Waals surface area (Å²) in [4.78, 5) is 18.5. The fourth-order valence-corrected chi connectivity index (χ4v) is 3.37. The molecular weight excluding hydrogens is 330 g/mol. The van der Waals surface area contributed by atoms with E-state index in [1.807, 2.05) is 42.9 Å². The van der Waals surface area contributed by atoms with Crippen molar-refractivity contribution in [3.05, 3.63) is 42.1 Å². The lowest BCUT2D eigenvalue weighted by Crippen LogP contribution is -2.36. The second-order valence-corrected chi connectivity index (χ2v) is 6.62. The Balaban J connectivity index is 1.57. The van der Waals surface area contributed by atoms with Crippen molar-refractivity contribution in [1.29, 1.82) is 5.26 Å². The van der Waals surface area contributed by atoms with E-state index >= 15 is 0 Å². The molecule has 0 spiro atoms. The number of fused-ring (bicyclic) bond motifs is 1. The molecule has 0 saturated carbocycles. The first-order chi connectivity index (χ1) is 12.5. The zero-order chi connectivity index (χ0) is 18.3. The minimum atomic E-state index is -0.211. The van der Waals surface area contributed by atoms with Crippen LogP contribution in [0.1, 0.15) is 22.6 Å². The third-order valence-corrected chi connectivity index (χ3v) is 4.67. The van der Waals surface area contributed by atoms with E-state index in [9.17, 15) is 4.79 Å². The number of hydrogen-bond acceptors (Lipinski definition) is 5. The van der Waals surface area contributed by atoms with Crippen molar-refractivity contribution in [2.75, 3.05) is 13.1 Å². The van der Waals surface area contributed by atoms with Gasteiger partial charge in [-0.1, -0.05) is 0 Å². The molecule has 4 rings (SSSR count). The van der Waals surface area contributed by atoms with Gasteiger partial charge in [0.15, 0.2) is 6.19 Å². The molecule has 1 fully saturated rings. The van der Waals surface area contributed by atoms with Gasteiger partial charge in [-0.15, -0.1) is 0 Å². The van der Waals surface area contributed by atoms with Crippen molar-refractivity contribution in [1.82, 2.24) is 29.4 Å². The Labute approximate surface area is 150 Å².